The normalized spacial score (nSPS) is 10.6. The molecule has 2 rings (SSSR count). The van der Waals surface area contributed by atoms with E-state index < -0.39 is 15.8 Å². The first-order valence-corrected chi connectivity index (χ1v) is 8.80. The van der Waals surface area contributed by atoms with Crippen molar-refractivity contribution in [3.63, 3.8) is 0 Å². The van der Waals surface area contributed by atoms with Gasteiger partial charge in [0, 0.05) is 21.1 Å². The van der Waals surface area contributed by atoms with Gasteiger partial charge in [0.25, 0.3) is 5.69 Å². The number of amides is 1. The highest BCUT2D eigenvalue weighted by molar-refractivity contribution is 9.11. The Bertz CT molecular complexity index is 875. The molecule has 0 aliphatic heterocycles. The van der Waals surface area contributed by atoms with Gasteiger partial charge in [-0.2, -0.15) is 4.68 Å². The van der Waals surface area contributed by atoms with Crippen LogP contribution in [0, 0.1) is 27.2 Å². The predicted molar refractivity (Wildman–Crippen MR) is 98.4 cm³/mol. The molecular formula is C12H8Br3N5O5. The van der Waals surface area contributed by atoms with E-state index in [0.29, 0.717) is 20.3 Å². The summed E-state index contributed by atoms with van der Waals surface area (Å²) in [6.07, 6.45) is 0. The number of aromatic nitrogens is 2. The zero-order valence-corrected chi connectivity index (χ0v) is 17.1. The van der Waals surface area contributed by atoms with Crippen LogP contribution in [0.25, 0.3) is 0 Å². The summed E-state index contributed by atoms with van der Waals surface area (Å²) in [6.45, 7) is 1.31. The van der Waals surface area contributed by atoms with Gasteiger partial charge in [-0.3, -0.25) is 14.9 Å². The van der Waals surface area contributed by atoms with Crippen LogP contribution in [0.5, 0.6) is 0 Å². The molecule has 0 bridgehead atoms. The number of non-ortho nitro benzene ring substituents is 1. The third kappa shape index (κ3) is 4.22. The summed E-state index contributed by atoms with van der Waals surface area (Å²) in [5.41, 5.74) is 0.567. The molecule has 1 amide bonds. The third-order valence-electron chi connectivity index (χ3n) is 3.08. The van der Waals surface area contributed by atoms with Crippen molar-refractivity contribution in [1.82, 2.24) is 9.78 Å². The molecule has 132 valence electrons. The first kappa shape index (κ1) is 19.5. The summed E-state index contributed by atoms with van der Waals surface area (Å²) in [7, 11) is 0. The van der Waals surface area contributed by atoms with Crippen LogP contribution >= 0.6 is 47.8 Å². The molecular weight excluding hydrogens is 534 g/mol. The number of halogens is 3. The van der Waals surface area contributed by atoms with Crippen molar-refractivity contribution < 1.29 is 14.6 Å². The second-order valence-electron chi connectivity index (χ2n) is 4.73. The van der Waals surface area contributed by atoms with E-state index in [1.54, 1.807) is 6.92 Å². The molecule has 25 heavy (non-hydrogen) atoms. The number of nitro groups is 2. The van der Waals surface area contributed by atoms with E-state index in [0.717, 1.165) is 0 Å². The maximum absolute atomic E-state index is 12.2. The third-order valence-corrected chi connectivity index (χ3v) is 5.26. The number of hydrogen-bond acceptors (Lipinski definition) is 6. The Balaban J connectivity index is 2.23. The van der Waals surface area contributed by atoms with Crippen molar-refractivity contribution in [2.75, 3.05) is 5.32 Å². The van der Waals surface area contributed by atoms with Gasteiger partial charge in [0.1, 0.15) is 11.0 Å². The Morgan fingerprint density at radius 1 is 1.20 bits per heavy atom. The van der Waals surface area contributed by atoms with Gasteiger partial charge in [-0.15, -0.1) is 0 Å². The highest BCUT2D eigenvalue weighted by Gasteiger charge is 2.25. The molecule has 0 fully saturated rings. The molecule has 13 heteroatoms. The summed E-state index contributed by atoms with van der Waals surface area (Å²) in [4.78, 5) is 32.7. The van der Waals surface area contributed by atoms with E-state index in [4.69, 9.17) is 0 Å². The van der Waals surface area contributed by atoms with Crippen molar-refractivity contribution in [1.29, 1.82) is 0 Å². The number of carbonyl (C=O) groups is 1. The average Bonchev–Trinajstić information content (AvgIpc) is 2.79. The van der Waals surface area contributed by atoms with Gasteiger partial charge < -0.3 is 15.4 Å². The molecule has 0 atom stereocenters. The smallest absolute Gasteiger partial charge is 0.358 e. The summed E-state index contributed by atoms with van der Waals surface area (Å²) in [5, 5.41) is 28.0. The van der Waals surface area contributed by atoms with Crippen molar-refractivity contribution in [2.45, 2.75) is 13.5 Å². The van der Waals surface area contributed by atoms with Gasteiger partial charge >= 0.3 is 5.82 Å². The van der Waals surface area contributed by atoms with Gasteiger partial charge in [-0.25, -0.2) is 0 Å². The van der Waals surface area contributed by atoms with E-state index in [9.17, 15) is 25.0 Å². The van der Waals surface area contributed by atoms with Crippen LogP contribution in [0.15, 0.2) is 25.6 Å². The molecule has 0 spiro atoms. The van der Waals surface area contributed by atoms with E-state index in [2.05, 4.69) is 58.2 Å². The molecule has 2 aromatic rings. The van der Waals surface area contributed by atoms with Crippen LogP contribution in [0.2, 0.25) is 0 Å². The Morgan fingerprint density at radius 2 is 1.76 bits per heavy atom. The molecule has 1 heterocycles. The van der Waals surface area contributed by atoms with E-state index in [1.807, 2.05) is 0 Å². The Hall–Kier alpha value is -1.86. The van der Waals surface area contributed by atoms with Gasteiger partial charge in [0.15, 0.2) is 0 Å². The molecule has 1 aromatic carbocycles. The Kier molecular flexibility index (Phi) is 5.90. The van der Waals surface area contributed by atoms with Crippen molar-refractivity contribution in [3.05, 3.63) is 51.5 Å². The zero-order valence-electron chi connectivity index (χ0n) is 12.3. The minimum absolute atomic E-state index is 0.153. The lowest BCUT2D eigenvalue weighted by Gasteiger charge is -2.09. The first-order valence-electron chi connectivity index (χ1n) is 6.42. The number of carbonyl (C=O) groups excluding carboxylic acids is 1. The van der Waals surface area contributed by atoms with Crippen LogP contribution in [-0.2, 0) is 11.3 Å². The fourth-order valence-electron chi connectivity index (χ4n) is 1.88. The quantitative estimate of drug-likeness (QED) is 0.450. The second kappa shape index (κ2) is 7.58. The first-order chi connectivity index (χ1) is 11.6. The summed E-state index contributed by atoms with van der Waals surface area (Å²) < 4.78 is 2.01. The zero-order chi connectivity index (χ0) is 18.9. The number of rotatable bonds is 5. The fraction of sp³-hybridized carbons (Fsp3) is 0.167. The highest BCUT2D eigenvalue weighted by Crippen LogP contribution is 2.35. The highest BCUT2D eigenvalue weighted by atomic mass is 79.9. The van der Waals surface area contributed by atoms with Crippen LogP contribution in [0.3, 0.4) is 0 Å². The maximum atomic E-state index is 12.2. The van der Waals surface area contributed by atoms with Crippen LogP contribution in [0.1, 0.15) is 5.69 Å². The Labute approximate surface area is 165 Å². The number of benzene rings is 1. The summed E-state index contributed by atoms with van der Waals surface area (Å²) in [5.74, 6) is -0.897. The molecule has 0 aliphatic carbocycles. The molecule has 0 saturated heterocycles. The number of nitrogens with zero attached hydrogens (tertiary/aromatic N) is 4. The molecule has 0 aliphatic rings. The Morgan fingerprint density at radius 3 is 2.20 bits per heavy atom. The average molecular weight is 542 g/mol. The largest absolute Gasteiger partial charge is 0.404 e. The van der Waals surface area contributed by atoms with Crippen LogP contribution in [0.4, 0.5) is 17.2 Å². The summed E-state index contributed by atoms with van der Waals surface area (Å²) >= 11 is 9.39. The monoisotopic (exact) mass is 539 g/mol. The van der Waals surface area contributed by atoms with Gasteiger partial charge in [0.05, 0.1) is 21.4 Å². The molecule has 0 radical (unpaired) electrons. The molecule has 0 saturated carbocycles. The van der Waals surface area contributed by atoms with Crippen LogP contribution in [-0.4, -0.2) is 25.5 Å². The minimum Gasteiger partial charge on any atom is -0.358 e. The molecule has 10 nitrogen and oxygen atoms in total. The van der Waals surface area contributed by atoms with E-state index in [-0.39, 0.29) is 22.5 Å². The predicted octanol–water partition coefficient (Wildman–Crippen LogP) is 3.93. The lowest BCUT2D eigenvalue weighted by molar-refractivity contribution is -0.390. The van der Waals surface area contributed by atoms with Crippen LogP contribution < -0.4 is 5.32 Å². The van der Waals surface area contributed by atoms with Gasteiger partial charge in [0.2, 0.25) is 5.91 Å². The lowest BCUT2D eigenvalue weighted by atomic mass is 10.3. The van der Waals surface area contributed by atoms with Gasteiger partial charge in [-0.1, -0.05) is 0 Å². The maximum Gasteiger partial charge on any atom is 0.404 e. The van der Waals surface area contributed by atoms with Crippen molar-refractivity contribution in [3.8, 4) is 0 Å². The van der Waals surface area contributed by atoms with E-state index in [1.165, 1.54) is 16.8 Å². The standard InChI is InChI=1S/C12H8Br3N5O5/c1-5-10(15)12(20(24)25)17-18(5)4-9(21)16-11-7(13)2-6(19(22)23)3-8(11)14/h2-3H,4H2,1H3,(H,16,21). The SMILES string of the molecule is Cc1c(Br)c([N+](=O)[O-])nn1CC(=O)Nc1c(Br)cc([N+](=O)[O-])cc1Br. The van der Waals surface area contributed by atoms with E-state index >= 15 is 0 Å². The number of hydrogen-bond donors (Lipinski definition) is 1. The minimum atomic E-state index is -0.658. The topological polar surface area (TPSA) is 133 Å². The molecule has 0 unspecified atom stereocenters. The summed E-state index contributed by atoms with van der Waals surface area (Å²) in [6, 6.07) is 2.50. The number of nitro benzene ring substituents is 1. The van der Waals surface area contributed by atoms with Crippen molar-refractivity contribution >= 4 is 70.9 Å². The van der Waals surface area contributed by atoms with Gasteiger partial charge in [-0.05, 0) is 59.6 Å². The second-order valence-corrected chi connectivity index (χ2v) is 7.23. The molecule has 1 N–H and O–H groups in total. The van der Waals surface area contributed by atoms with Crippen molar-refractivity contribution in [2.24, 2.45) is 0 Å². The number of nitrogens with one attached hydrogen (secondary N) is 1. The fourth-order valence-corrected chi connectivity index (χ4v) is 3.67. The molecule has 1 aromatic heterocycles. The lowest BCUT2D eigenvalue weighted by Crippen LogP contribution is -2.21. The number of anilines is 1.